The number of anilines is 1. The second-order valence-electron chi connectivity index (χ2n) is 5.69. The maximum absolute atomic E-state index is 12.7. The van der Waals surface area contributed by atoms with Crippen LogP contribution in [-0.2, 0) is 20.4 Å². The van der Waals surface area contributed by atoms with Gasteiger partial charge in [0.1, 0.15) is 29.7 Å². The average molecular weight is 351 g/mol. The number of hydrogen-bond donors (Lipinski definition) is 3. The van der Waals surface area contributed by atoms with E-state index in [1.54, 1.807) is 0 Å². The molecule has 24 heavy (non-hydrogen) atoms. The Bertz CT molecular complexity index is 604. The molecule has 2 bridgehead atoms. The van der Waals surface area contributed by atoms with E-state index in [0.29, 0.717) is 6.20 Å². The van der Waals surface area contributed by atoms with Crippen LogP contribution in [0.25, 0.3) is 0 Å². The summed E-state index contributed by atoms with van der Waals surface area (Å²) in [4.78, 5) is 6.88. The van der Waals surface area contributed by atoms with Gasteiger partial charge in [-0.2, -0.15) is 13.2 Å². The molecule has 0 unspecified atom stereocenters. The highest BCUT2D eigenvalue weighted by Crippen LogP contribution is 2.38. The molecule has 2 fully saturated rings. The molecular weight excluding hydrogens is 335 g/mol. The van der Waals surface area contributed by atoms with Gasteiger partial charge in [0.15, 0.2) is 12.0 Å². The normalized spacial score (nSPS) is 35.9. The molecular formula is C13H16F3N3O5. The Hall–Kier alpha value is -1.53. The van der Waals surface area contributed by atoms with E-state index in [9.17, 15) is 23.4 Å². The quantitative estimate of drug-likeness (QED) is 0.683. The zero-order chi connectivity index (χ0) is 17.5. The van der Waals surface area contributed by atoms with Gasteiger partial charge in [-0.3, -0.25) is 4.98 Å². The van der Waals surface area contributed by atoms with Crippen LogP contribution in [0.5, 0.6) is 0 Å². The van der Waals surface area contributed by atoms with E-state index in [2.05, 4.69) is 15.3 Å². The molecule has 2 saturated heterocycles. The van der Waals surface area contributed by atoms with Crippen molar-refractivity contribution in [3.05, 3.63) is 18.1 Å². The Morgan fingerprint density at radius 2 is 2.17 bits per heavy atom. The van der Waals surface area contributed by atoms with Crippen LogP contribution in [0.15, 0.2) is 12.4 Å². The summed E-state index contributed by atoms with van der Waals surface area (Å²) in [6.45, 7) is -0.0198. The van der Waals surface area contributed by atoms with Gasteiger partial charge in [-0.05, 0) is 0 Å². The number of alkyl halides is 3. The smallest absolute Gasteiger partial charge is 0.388 e. The maximum atomic E-state index is 12.7. The lowest BCUT2D eigenvalue weighted by Crippen LogP contribution is -2.64. The molecule has 0 spiro atoms. The van der Waals surface area contributed by atoms with E-state index < -0.39 is 42.0 Å². The third kappa shape index (κ3) is 2.93. The number of ether oxygens (including phenoxy) is 3. The lowest BCUT2D eigenvalue weighted by atomic mass is 9.88. The Kier molecular flexibility index (Phi) is 4.38. The first-order valence-electron chi connectivity index (χ1n) is 7.07. The highest BCUT2D eigenvalue weighted by Gasteiger charge is 2.59. The third-order valence-corrected chi connectivity index (χ3v) is 3.99. The molecule has 5 atom stereocenters. The predicted molar refractivity (Wildman–Crippen MR) is 71.9 cm³/mol. The fraction of sp³-hybridized carbons (Fsp3) is 0.692. The summed E-state index contributed by atoms with van der Waals surface area (Å²) >= 11 is 0. The average Bonchev–Trinajstić information content (AvgIpc) is 2.92. The first-order valence-corrected chi connectivity index (χ1v) is 7.07. The van der Waals surface area contributed by atoms with Gasteiger partial charge in [-0.25, -0.2) is 4.98 Å². The molecule has 1 aromatic rings. The Morgan fingerprint density at radius 3 is 2.83 bits per heavy atom. The molecule has 3 N–H and O–H groups in total. The Morgan fingerprint density at radius 1 is 1.42 bits per heavy atom. The topological polar surface area (TPSA) is 106 Å². The third-order valence-electron chi connectivity index (χ3n) is 3.99. The minimum Gasteiger partial charge on any atom is -0.388 e. The van der Waals surface area contributed by atoms with Gasteiger partial charge in [0.05, 0.1) is 25.6 Å². The van der Waals surface area contributed by atoms with Gasteiger partial charge in [-0.1, -0.05) is 0 Å². The number of nitrogens with one attached hydrogen (secondary N) is 1. The van der Waals surface area contributed by atoms with Crippen LogP contribution in [0.2, 0.25) is 0 Å². The van der Waals surface area contributed by atoms with Crippen molar-refractivity contribution >= 4 is 5.82 Å². The van der Waals surface area contributed by atoms with Gasteiger partial charge in [0.25, 0.3) is 0 Å². The van der Waals surface area contributed by atoms with Crippen molar-refractivity contribution in [1.29, 1.82) is 0 Å². The molecule has 1 aromatic heterocycles. The van der Waals surface area contributed by atoms with Crippen LogP contribution < -0.4 is 5.32 Å². The minimum atomic E-state index is -4.65. The molecule has 8 nitrogen and oxygen atoms in total. The zero-order valence-corrected chi connectivity index (χ0v) is 12.5. The minimum absolute atomic E-state index is 0.00217. The Balaban J connectivity index is 1.79. The summed E-state index contributed by atoms with van der Waals surface area (Å²) in [7, 11) is 1.41. The number of aliphatic hydroxyl groups is 2. The number of aromatic nitrogens is 2. The lowest BCUT2D eigenvalue weighted by Gasteiger charge is -2.42. The summed E-state index contributed by atoms with van der Waals surface area (Å²) in [5.74, 6) is -0.223. The van der Waals surface area contributed by atoms with E-state index in [4.69, 9.17) is 14.2 Å². The van der Waals surface area contributed by atoms with Gasteiger partial charge < -0.3 is 29.7 Å². The summed E-state index contributed by atoms with van der Waals surface area (Å²) in [5, 5.41) is 23.2. The first kappa shape index (κ1) is 17.3. The van der Waals surface area contributed by atoms with Crippen molar-refractivity contribution < 1.29 is 37.6 Å². The summed E-state index contributed by atoms with van der Waals surface area (Å²) in [5.41, 5.74) is -2.39. The molecule has 3 heterocycles. The first-order chi connectivity index (χ1) is 11.3. The summed E-state index contributed by atoms with van der Waals surface area (Å²) in [6.07, 6.45) is -6.69. The molecule has 0 aliphatic carbocycles. The molecule has 0 amide bonds. The van der Waals surface area contributed by atoms with Crippen LogP contribution in [0.1, 0.15) is 5.69 Å². The van der Waals surface area contributed by atoms with E-state index >= 15 is 0 Å². The largest absolute Gasteiger partial charge is 0.434 e. The lowest BCUT2D eigenvalue weighted by molar-refractivity contribution is -0.227. The SMILES string of the molecule is COC[C@@]12CO[C@@H](O1)[C@H](Nc1cncc(C(F)(F)F)n1)[C@@H](O)[C@H]2O. The van der Waals surface area contributed by atoms with Crippen molar-refractivity contribution in [3.63, 3.8) is 0 Å². The van der Waals surface area contributed by atoms with Crippen LogP contribution in [0.3, 0.4) is 0 Å². The molecule has 134 valence electrons. The van der Waals surface area contributed by atoms with Gasteiger partial charge in [0.2, 0.25) is 0 Å². The van der Waals surface area contributed by atoms with Crippen molar-refractivity contribution in [2.24, 2.45) is 0 Å². The standard InChI is InChI=1S/C13H16F3N3O5/c1-22-4-12-5-23-11(24-12)8(9(20)10(12)21)19-7-3-17-2-6(18-7)13(14,15)16/h2-3,8-11,20-21H,4-5H2,1H3,(H,18,19)/t8-,9-,10-,11+,12+/m1/s1. The van der Waals surface area contributed by atoms with Crippen molar-refractivity contribution in [2.45, 2.75) is 36.3 Å². The zero-order valence-electron chi connectivity index (χ0n) is 12.5. The van der Waals surface area contributed by atoms with Crippen LogP contribution >= 0.6 is 0 Å². The van der Waals surface area contributed by atoms with E-state index in [0.717, 1.165) is 6.20 Å². The fourth-order valence-corrected chi connectivity index (χ4v) is 2.82. The van der Waals surface area contributed by atoms with Crippen molar-refractivity contribution in [2.75, 3.05) is 25.6 Å². The van der Waals surface area contributed by atoms with E-state index in [-0.39, 0.29) is 19.0 Å². The van der Waals surface area contributed by atoms with Crippen LogP contribution in [0, 0.1) is 0 Å². The molecule has 0 aromatic carbocycles. The Labute approximate surface area is 134 Å². The number of nitrogens with zero attached hydrogens (tertiary/aromatic N) is 2. The molecule has 2 aliphatic rings. The molecule has 11 heteroatoms. The second kappa shape index (κ2) is 6.08. The summed E-state index contributed by atoms with van der Waals surface area (Å²) < 4.78 is 54.0. The monoisotopic (exact) mass is 351 g/mol. The second-order valence-corrected chi connectivity index (χ2v) is 5.69. The van der Waals surface area contributed by atoms with E-state index in [1.165, 1.54) is 7.11 Å². The van der Waals surface area contributed by atoms with Crippen LogP contribution in [0.4, 0.5) is 19.0 Å². The molecule has 0 radical (unpaired) electrons. The molecule has 0 saturated carbocycles. The number of halogens is 3. The molecule has 3 rings (SSSR count). The van der Waals surface area contributed by atoms with Crippen LogP contribution in [-0.4, -0.2) is 70.6 Å². The maximum Gasteiger partial charge on any atom is 0.434 e. The van der Waals surface area contributed by atoms with Gasteiger partial charge in [0, 0.05) is 7.11 Å². The predicted octanol–water partition coefficient (Wildman–Crippen LogP) is -0.231. The highest BCUT2D eigenvalue weighted by atomic mass is 19.4. The fourth-order valence-electron chi connectivity index (χ4n) is 2.82. The molecule has 2 aliphatic heterocycles. The van der Waals surface area contributed by atoms with Crippen molar-refractivity contribution in [3.8, 4) is 0 Å². The summed E-state index contributed by atoms with van der Waals surface area (Å²) in [6, 6.07) is -1.02. The number of rotatable bonds is 4. The number of methoxy groups -OCH3 is 1. The van der Waals surface area contributed by atoms with Crippen molar-refractivity contribution in [1.82, 2.24) is 9.97 Å². The number of aliphatic hydroxyl groups excluding tert-OH is 2. The number of fused-ring (bicyclic) bond motifs is 2. The number of hydrogen-bond acceptors (Lipinski definition) is 8. The van der Waals surface area contributed by atoms with Gasteiger partial charge >= 0.3 is 6.18 Å². The van der Waals surface area contributed by atoms with E-state index in [1.807, 2.05) is 0 Å². The highest BCUT2D eigenvalue weighted by molar-refractivity contribution is 5.35. The van der Waals surface area contributed by atoms with Gasteiger partial charge in [-0.15, -0.1) is 0 Å².